The maximum atomic E-state index is 12.3. The fraction of sp³-hybridized carbons (Fsp3) is 0.0625. The maximum absolute atomic E-state index is 12.3. The number of nitrogens with zero attached hydrogens (tertiary/aromatic N) is 2. The summed E-state index contributed by atoms with van der Waals surface area (Å²) in [5.74, 6) is -1.02. The molecule has 0 atom stereocenters. The van der Waals surface area contributed by atoms with E-state index < -0.39 is 15.9 Å². The van der Waals surface area contributed by atoms with Crippen molar-refractivity contribution in [3.8, 4) is 0 Å². The first kappa shape index (κ1) is 19.1. The first-order chi connectivity index (χ1) is 12.2. The molecular weight excluding hydrogens is 358 g/mol. The van der Waals surface area contributed by atoms with Crippen molar-refractivity contribution >= 4 is 33.0 Å². The van der Waals surface area contributed by atoms with Crippen molar-refractivity contribution in [3.05, 3.63) is 60.0 Å². The Morgan fingerprint density at radius 2 is 1.81 bits per heavy atom. The highest BCUT2D eigenvalue weighted by atomic mass is 32.2. The SMILES string of the molecule is CC(O)=C(N=Nc1ccc(S(N)(=O)=O)cc1)C(=O)Nc1cccc(N)c1. The summed E-state index contributed by atoms with van der Waals surface area (Å²) in [7, 11) is -3.81. The standard InChI is InChI=1S/C16H17N5O4S/c1-10(22)15(16(23)19-13-4-2-3-11(17)9-13)21-20-12-5-7-14(8-6-12)26(18,24)25/h2-9,22H,17H2,1H3,(H,19,23)(H2,18,24,25). The lowest BCUT2D eigenvalue weighted by molar-refractivity contribution is -0.113. The molecule has 6 N–H and O–H groups in total. The number of carbonyl (C=O) groups is 1. The molecule has 1 amide bonds. The summed E-state index contributed by atoms with van der Waals surface area (Å²) in [4.78, 5) is 12.2. The summed E-state index contributed by atoms with van der Waals surface area (Å²) >= 11 is 0. The summed E-state index contributed by atoms with van der Waals surface area (Å²) in [6, 6.07) is 11.7. The fourth-order valence-corrected chi connectivity index (χ4v) is 2.41. The van der Waals surface area contributed by atoms with Crippen LogP contribution in [-0.2, 0) is 14.8 Å². The van der Waals surface area contributed by atoms with Gasteiger partial charge in [0.25, 0.3) is 5.91 Å². The van der Waals surface area contributed by atoms with Crippen molar-refractivity contribution in [1.29, 1.82) is 0 Å². The molecule has 10 heteroatoms. The Morgan fingerprint density at radius 1 is 1.15 bits per heavy atom. The highest BCUT2D eigenvalue weighted by Crippen LogP contribution is 2.19. The average molecular weight is 375 g/mol. The molecule has 0 bridgehead atoms. The summed E-state index contributed by atoms with van der Waals surface area (Å²) < 4.78 is 22.4. The van der Waals surface area contributed by atoms with Crippen molar-refractivity contribution < 1.29 is 18.3 Å². The molecule has 0 heterocycles. The zero-order valence-electron chi connectivity index (χ0n) is 13.7. The predicted molar refractivity (Wildman–Crippen MR) is 97.1 cm³/mol. The third-order valence-electron chi connectivity index (χ3n) is 3.13. The van der Waals surface area contributed by atoms with Crippen LogP contribution in [0.25, 0.3) is 0 Å². The van der Waals surface area contributed by atoms with Gasteiger partial charge >= 0.3 is 0 Å². The molecule has 0 saturated carbocycles. The van der Waals surface area contributed by atoms with Crippen LogP contribution >= 0.6 is 0 Å². The molecule has 0 aliphatic carbocycles. The second-order valence-corrected chi connectivity index (χ2v) is 6.81. The molecule has 0 aliphatic rings. The number of sulfonamides is 1. The Labute approximate surface area is 150 Å². The third-order valence-corrected chi connectivity index (χ3v) is 4.06. The number of azo groups is 1. The molecule has 26 heavy (non-hydrogen) atoms. The van der Waals surface area contributed by atoms with E-state index in [-0.39, 0.29) is 22.0 Å². The number of benzene rings is 2. The van der Waals surface area contributed by atoms with Crippen LogP contribution in [0.1, 0.15) is 6.92 Å². The molecule has 9 nitrogen and oxygen atoms in total. The molecular formula is C16H17N5O4S. The third kappa shape index (κ3) is 5.13. The van der Waals surface area contributed by atoms with Gasteiger partial charge in [-0.3, -0.25) is 4.79 Å². The number of carbonyl (C=O) groups excluding carboxylic acids is 1. The summed E-state index contributed by atoms with van der Waals surface area (Å²) in [5, 5.41) is 24.8. The topological polar surface area (TPSA) is 160 Å². The molecule has 0 unspecified atom stereocenters. The van der Waals surface area contributed by atoms with Gasteiger partial charge in [-0.05, 0) is 49.4 Å². The number of rotatable bonds is 5. The average Bonchev–Trinajstić information content (AvgIpc) is 2.54. The Morgan fingerprint density at radius 3 is 2.35 bits per heavy atom. The lowest BCUT2D eigenvalue weighted by atomic mass is 10.2. The summed E-state index contributed by atoms with van der Waals surface area (Å²) in [6.07, 6.45) is 0. The molecule has 0 aliphatic heterocycles. The van der Waals surface area contributed by atoms with Gasteiger partial charge in [0.15, 0.2) is 5.70 Å². The molecule has 0 saturated heterocycles. The zero-order valence-corrected chi connectivity index (χ0v) is 14.6. The predicted octanol–water partition coefficient (Wildman–Crippen LogP) is 2.43. The van der Waals surface area contributed by atoms with Gasteiger partial charge in [0.1, 0.15) is 5.76 Å². The number of nitrogens with two attached hydrogens (primary N) is 2. The van der Waals surface area contributed by atoms with Crippen LogP contribution in [0.2, 0.25) is 0 Å². The van der Waals surface area contributed by atoms with E-state index >= 15 is 0 Å². The van der Waals surface area contributed by atoms with Crippen molar-refractivity contribution in [2.24, 2.45) is 15.4 Å². The van der Waals surface area contributed by atoms with Crippen LogP contribution in [0.15, 0.2) is 75.1 Å². The quantitative estimate of drug-likeness (QED) is 0.273. The van der Waals surface area contributed by atoms with Crippen LogP contribution in [0.5, 0.6) is 0 Å². The van der Waals surface area contributed by atoms with Gasteiger partial charge in [0, 0.05) is 11.4 Å². The van der Waals surface area contributed by atoms with Gasteiger partial charge in [-0.2, -0.15) is 5.11 Å². The normalized spacial score (nSPS) is 12.7. The molecule has 136 valence electrons. The summed E-state index contributed by atoms with van der Waals surface area (Å²) in [6.45, 7) is 1.29. The van der Waals surface area contributed by atoms with Gasteiger partial charge in [-0.1, -0.05) is 6.07 Å². The molecule has 2 rings (SSSR count). The minimum absolute atomic E-state index is 0.0787. The van der Waals surface area contributed by atoms with Gasteiger partial charge in [-0.25, -0.2) is 13.6 Å². The number of anilines is 2. The van der Waals surface area contributed by atoms with Crippen molar-refractivity contribution in [2.75, 3.05) is 11.1 Å². The Balaban J connectivity index is 2.19. The van der Waals surface area contributed by atoms with Crippen molar-refractivity contribution in [1.82, 2.24) is 0 Å². The van der Waals surface area contributed by atoms with E-state index in [0.717, 1.165) is 0 Å². The molecule has 2 aromatic carbocycles. The number of hydrogen-bond acceptors (Lipinski definition) is 7. The smallest absolute Gasteiger partial charge is 0.279 e. The highest BCUT2D eigenvalue weighted by molar-refractivity contribution is 7.89. The monoisotopic (exact) mass is 375 g/mol. The fourth-order valence-electron chi connectivity index (χ4n) is 1.90. The minimum atomic E-state index is -3.81. The first-order valence-corrected chi connectivity index (χ1v) is 8.83. The van der Waals surface area contributed by atoms with Crippen molar-refractivity contribution in [3.63, 3.8) is 0 Å². The van der Waals surface area contributed by atoms with Crippen LogP contribution in [0.4, 0.5) is 17.1 Å². The molecule has 0 spiro atoms. The number of nitrogens with one attached hydrogen (secondary N) is 1. The second kappa shape index (κ2) is 7.76. The first-order valence-electron chi connectivity index (χ1n) is 7.28. The van der Waals surface area contributed by atoms with Crippen LogP contribution in [-0.4, -0.2) is 19.4 Å². The molecule has 0 fully saturated rings. The Kier molecular flexibility index (Phi) is 5.70. The molecule has 0 radical (unpaired) electrons. The number of hydrogen-bond donors (Lipinski definition) is 4. The number of amides is 1. The van der Waals surface area contributed by atoms with Crippen LogP contribution < -0.4 is 16.2 Å². The van der Waals surface area contributed by atoms with Crippen LogP contribution in [0.3, 0.4) is 0 Å². The van der Waals surface area contributed by atoms with Gasteiger partial charge < -0.3 is 16.2 Å². The zero-order chi connectivity index (χ0) is 19.3. The van der Waals surface area contributed by atoms with E-state index in [1.807, 2.05) is 0 Å². The van der Waals surface area contributed by atoms with E-state index in [9.17, 15) is 18.3 Å². The largest absolute Gasteiger partial charge is 0.510 e. The summed E-state index contributed by atoms with van der Waals surface area (Å²) in [5.41, 5.74) is 6.51. The molecule has 2 aromatic rings. The van der Waals surface area contributed by atoms with Gasteiger partial charge in [0.2, 0.25) is 10.0 Å². The maximum Gasteiger partial charge on any atom is 0.279 e. The number of nitrogen functional groups attached to an aromatic ring is 1. The Hall–Kier alpha value is -3.24. The molecule has 0 aromatic heterocycles. The van der Waals surface area contributed by atoms with Gasteiger partial charge in [-0.15, -0.1) is 5.11 Å². The van der Waals surface area contributed by atoms with E-state index in [4.69, 9.17) is 10.9 Å². The van der Waals surface area contributed by atoms with Crippen LogP contribution in [0, 0.1) is 0 Å². The number of aliphatic hydroxyl groups excluding tert-OH is 1. The van der Waals surface area contributed by atoms with E-state index in [1.165, 1.54) is 31.2 Å². The number of primary sulfonamides is 1. The number of aliphatic hydroxyl groups is 1. The number of allylic oxidation sites excluding steroid dienone is 1. The lowest BCUT2D eigenvalue weighted by Gasteiger charge is -2.06. The minimum Gasteiger partial charge on any atom is -0.510 e. The van der Waals surface area contributed by atoms with E-state index in [0.29, 0.717) is 11.4 Å². The highest BCUT2D eigenvalue weighted by Gasteiger charge is 2.13. The van der Waals surface area contributed by atoms with Gasteiger partial charge in [0.05, 0.1) is 10.6 Å². The van der Waals surface area contributed by atoms with E-state index in [1.54, 1.807) is 24.3 Å². The Bertz CT molecular complexity index is 978. The van der Waals surface area contributed by atoms with E-state index in [2.05, 4.69) is 15.5 Å². The van der Waals surface area contributed by atoms with Crippen molar-refractivity contribution in [2.45, 2.75) is 11.8 Å². The lowest BCUT2D eigenvalue weighted by Crippen LogP contribution is -2.14. The second-order valence-electron chi connectivity index (χ2n) is 5.25.